The number of nitrogens with one attached hydrogen (secondary N) is 2. The van der Waals surface area contributed by atoms with Crippen molar-refractivity contribution in [1.29, 1.82) is 0 Å². The fraction of sp³-hybridized carbons (Fsp3) is 0.636. The first-order chi connectivity index (χ1) is 7.68. The molecule has 16 heavy (non-hydrogen) atoms. The number of aromatic nitrogens is 2. The molecule has 5 heteroatoms. The SMILES string of the molecule is C[C@@H]1CNC[C@H]1C(=O)NCc1nccn1C. The highest BCUT2D eigenvalue weighted by Crippen LogP contribution is 2.15. The summed E-state index contributed by atoms with van der Waals surface area (Å²) in [5.41, 5.74) is 0. The molecule has 88 valence electrons. The van der Waals surface area contributed by atoms with Crippen LogP contribution in [0.5, 0.6) is 0 Å². The van der Waals surface area contributed by atoms with Crippen molar-refractivity contribution in [3.8, 4) is 0 Å². The summed E-state index contributed by atoms with van der Waals surface area (Å²) in [5, 5.41) is 6.16. The normalized spacial score (nSPS) is 24.6. The Morgan fingerprint density at radius 1 is 1.69 bits per heavy atom. The molecule has 0 radical (unpaired) electrons. The molecule has 1 amide bonds. The molecule has 0 unspecified atom stereocenters. The number of rotatable bonds is 3. The Bertz CT molecular complexity index is 374. The third-order valence-corrected chi connectivity index (χ3v) is 3.20. The van der Waals surface area contributed by atoms with Gasteiger partial charge in [0.1, 0.15) is 5.82 Å². The molecule has 1 aliphatic rings. The number of amides is 1. The van der Waals surface area contributed by atoms with Crippen LogP contribution in [-0.2, 0) is 18.4 Å². The van der Waals surface area contributed by atoms with Gasteiger partial charge in [-0.2, -0.15) is 0 Å². The third-order valence-electron chi connectivity index (χ3n) is 3.20. The van der Waals surface area contributed by atoms with E-state index in [1.807, 2.05) is 17.8 Å². The lowest BCUT2D eigenvalue weighted by Gasteiger charge is -2.13. The molecule has 1 aromatic rings. The van der Waals surface area contributed by atoms with Crippen molar-refractivity contribution < 1.29 is 4.79 Å². The van der Waals surface area contributed by atoms with E-state index in [0.717, 1.165) is 18.9 Å². The minimum absolute atomic E-state index is 0.0975. The van der Waals surface area contributed by atoms with Gasteiger partial charge in [0, 0.05) is 26.0 Å². The second-order valence-corrected chi connectivity index (χ2v) is 4.41. The first kappa shape index (κ1) is 11.1. The molecule has 0 aromatic carbocycles. The molecule has 0 bridgehead atoms. The minimum Gasteiger partial charge on any atom is -0.349 e. The lowest BCUT2D eigenvalue weighted by atomic mass is 9.97. The predicted molar refractivity (Wildman–Crippen MR) is 60.6 cm³/mol. The molecule has 1 fully saturated rings. The smallest absolute Gasteiger partial charge is 0.225 e. The van der Waals surface area contributed by atoms with E-state index >= 15 is 0 Å². The van der Waals surface area contributed by atoms with Crippen LogP contribution in [0.3, 0.4) is 0 Å². The molecule has 2 atom stereocenters. The molecular formula is C11H18N4O. The van der Waals surface area contributed by atoms with Crippen LogP contribution >= 0.6 is 0 Å². The van der Waals surface area contributed by atoms with E-state index in [1.165, 1.54) is 0 Å². The molecule has 2 rings (SSSR count). The largest absolute Gasteiger partial charge is 0.349 e. The highest BCUT2D eigenvalue weighted by atomic mass is 16.1. The maximum atomic E-state index is 11.9. The molecule has 1 saturated heterocycles. The Hall–Kier alpha value is -1.36. The molecule has 1 aliphatic heterocycles. The fourth-order valence-electron chi connectivity index (χ4n) is 2.03. The summed E-state index contributed by atoms with van der Waals surface area (Å²) < 4.78 is 1.91. The zero-order valence-corrected chi connectivity index (χ0v) is 9.73. The average Bonchev–Trinajstić information content (AvgIpc) is 2.84. The fourth-order valence-corrected chi connectivity index (χ4v) is 2.03. The number of aryl methyl sites for hydroxylation is 1. The maximum Gasteiger partial charge on any atom is 0.225 e. The van der Waals surface area contributed by atoms with Gasteiger partial charge < -0.3 is 15.2 Å². The van der Waals surface area contributed by atoms with Crippen LogP contribution in [0, 0.1) is 11.8 Å². The first-order valence-corrected chi connectivity index (χ1v) is 5.63. The van der Waals surface area contributed by atoms with Gasteiger partial charge in [0.25, 0.3) is 0 Å². The lowest BCUT2D eigenvalue weighted by molar-refractivity contribution is -0.125. The van der Waals surface area contributed by atoms with E-state index in [0.29, 0.717) is 12.5 Å². The van der Waals surface area contributed by atoms with Gasteiger partial charge in [-0.25, -0.2) is 4.98 Å². The van der Waals surface area contributed by atoms with E-state index in [4.69, 9.17) is 0 Å². The molecule has 0 saturated carbocycles. The summed E-state index contributed by atoms with van der Waals surface area (Å²) in [4.78, 5) is 16.0. The number of hydrogen-bond acceptors (Lipinski definition) is 3. The van der Waals surface area contributed by atoms with Crippen LogP contribution < -0.4 is 10.6 Å². The van der Waals surface area contributed by atoms with Gasteiger partial charge in [0.05, 0.1) is 12.5 Å². The van der Waals surface area contributed by atoms with E-state index < -0.39 is 0 Å². The summed E-state index contributed by atoms with van der Waals surface area (Å²) in [7, 11) is 1.92. The molecule has 0 spiro atoms. The Kier molecular flexibility index (Phi) is 3.24. The molecule has 5 nitrogen and oxygen atoms in total. The van der Waals surface area contributed by atoms with Crippen LogP contribution in [0.4, 0.5) is 0 Å². The Morgan fingerprint density at radius 2 is 2.50 bits per heavy atom. The minimum atomic E-state index is 0.0975. The number of carbonyl (C=O) groups is 1. The monoisotopic (exact) mass is 222 g/mol. The van der Waals surface area contributed by atoms with Crippen molar-refractivity contribution in [3.05, 3.63) is 18.2 Å². The molecular weight excluding hydrogens is 204 g/mol. The summed E-state index contributed by atoms with van der Waals surface area (Å²) >= 11 is 0. The van der Waals surface area contributed by atoms with E-state index in [-0.39, 0.29) is 11.8 Å². The Balaban J connectivity index is 1.86. The van der Waals surface area contributed by atoms with Crippen LogP contribution in [0.25, 0.3) is 0 Å². The van der Waals surface area contributed by atoms with Gasteiger partial charge in [-0.1, -0.05) is 6.92 Å². The van der Waals surface area contributed by atoms with Crippen molar-refractivity contribution >= 4 is 5.91 Å². The summed E-state index contributed by atoms with van der Waals surface area (Å²) in [6.45, 7) is 4.32. The number of carbonyl (C=O) groups excluding carboxylic acids is 1. The predicted octanol–water partition coefficient (Wildman–Crippen LogP) is -0.108. The van der Waals surface area contributed by atoms with Gasteiger partial charge in [-0.05, 0) is 12.5 Å². The van der Waals surface area contributed by atoms with Crippen LogP contribution in [0.1, 0.15) is 12.7 Å². The van der Waals surface area contributed by atoms with Gasteiger partial charge >= 0.3 is 0 Å². The van der Waals surface area contributed by atoms with Gasteiger partial charge in [0.15, 0.2) is 0 Å². The number of imidazole rings is 1. The third kappa shape index (κ3) is 2.24. The zero-order chi connectivity index (χ0) is 11.5. The van der Waals surface area contributed by atoms with Crippen molar-refractivity contribution in [3.63, 3.8) is 0 Å². The van der Waals surface area contributed by atoms with Gasteiger partial charge in [0.2, 0.25) is 5.91 Å². The standard InChI is InChI=1S/C11H18N4O/c1-8-5-12-6-9(8)11(16)14-7-10-13-3-4-15(10)2/h3-4,8-9,12H,5-7H2,1-2H3,(H,14,16)/t8-,9-/m1/s1. The summed E-state index contributed by atoms with van der Waals surface area (Å²) in [5.74, 6) is 1.52. The Labute approximate surface area is 95.2 Å². The van der Waals surface area contributed by atoms with Crippen LogP contribution in [0.15, 0.2) is 12.4 Å². The molecule has 0 aliphatic carbocycles. The molecule has 2 heterocycles. The van der Waals surface area contributed by atoms with Crippen molar-refractivity contribution in [2.75, 3.05) is 13.1 Å². The van der Waals surface area contributed by atoms with Gasteiger partial charge in [-0.15, -0.1) is 0 Å². The molecule has 2 N–H and O–H groups in total. The summed E-state index contributed by atoms with van der Waals surface area (Å²) in [6, 6.07) is 0. The summed E-state index contributed by atoms with van der Waals surface area (Å²) in [6.07, 6.45) is 3.61. The number of hydrogen-bond donors (Lipinski definition) is 2. The van der Waals surface area contributed by atoms with Crippen molar-refractivity contribution in [2.24, 2.45) is 18.9 Å². The highest BCUT2D eigenvalue weighted by molar-refractivity contribution is 5.79. The second kappa shape index (κ2) is 4.65. The van der Waals surface area contributed by atoms with Gasteiger partial charge in [-0.3, -0.25) is 4.79 Å². The topological polar surface area (TPSA) is 59.0 Å². The van der Waals surface area contributed by atoms with Crippen molar-refractivity contribution in [1.82, 2.24) is 20.2 Å². The maximum absolute atomic E-state index is 11.9. The second-order valence-electron chi connectivity index (χ2n) is 4.41. The highest BCUT2D eigenvalue weighted by Gasteiger charge is 2.29. The Morgan fingerprint density at radius 3 is 3.06 bits per heavy atom. The quantitative estimate of drug-likeness (QED) is 0.750. The van der Waals surface area contributed by atoms with Crippen LogP contribution in [-0.4, -0.2) is 28.5 Å². The zero-order valence-electron chi connectivity index (χ0n) is 9.73. The van der Waals surface area contributed by atoms with Crippen LogP contribution in [0.2, 0.25) is 0 Å². The first-order valence-electron chi connectivity index (χ1n) is 5.63. The van der Waals surface area contributed by atoms with Crippen molar-refractivity contribution in [2.45, 2.75) is 13.5 Å². The van der Waals surface area contributed by atoms with E-state index in [1.54, 1.807) is 6.20 Å². The lowest BCUT2D eigenvalue weighted by Crippen LogP contribution is -2.34. The van der Waals surface area contributed by atoms with E-state index in [9.17, 15) is 4.79 Å². The average molecular weight is 222 g/mol. The van der Waals surface area contributed by atoms with E-state index in [2.05, 4.69) is 22.5 Å². The molecule has 1 aromatic heterocycles. The number of nitrogens with zero attached hydrogens (tertiary/aromatic N) is 2.